The van der Waals surface area contributed by atoms with Crippen molar-refractivity contribution >= 4 is 27.8 Å². The normalized spacial score (nSPS) is 11.0. The van der Waals surface area contributed by atoms with Gasteiger partial charge in [-0.05, 0) is 57.7 Å². The van der Waals surface area contributed by atoms with Crippen LogP contribution in [0.1, 0.15) is 16.7 Å². The van der Waals surface area contributed by atoms with Crippen LogP contribution in [0.5, 0.6) is 11.5 Å². The largest absolute Gasteiger partial charge is 0.506 e. The topological polar surface area (TPSA) is 41.8 Å². The van der Waals surface area contributed by atoms with Gasteiger partial charge >= 0.3 is 0 Å². The first-order chi connectivity index (χ1) is 12.2. The Kier molecular flexibility index (Phi) is 5.51. The van der Waals surface area contributed by atoms with Crippen molar-refractivity contribution in [2.75, 3.05) is 7.11 Å². The number of halogens is 1. The van der Waals surface area contributed by atoms with Crippen molar-refractivity contribution in [3.63, 3.8) is 0 Å². The zero-order chi connectivity index (χ0) is 17.6. The Labute approximate surface area is 155 Å². The Balaban J connectivity index is 1.88. The SMILES string of the molecule is COc1cccc(N=Cc2cc(Cc3ccccc3)cc(Br)c2O)c1. The van der Waals surface area contributed by atoms with Gasteiger partial charge in [-0.25, -0.2) is 0 Å². The van der Waals surface area contributed by atoms with E-state index in [1.54, 1.807) is 13.3 Å². The fraction of sp³-hybridized carbons (Fsp3) is 0.0952. The molecule has 0 saturated carbocycles. The highest BCUT2D eigenvalue weighted by atomic mass is 79.9. The molecule has 0 heterocycles. The molecule has 0 aromatic heterocycles. The quantitative estimate of drug-likeness (QED) is 0.579. The van der Waals surface area contributed by atoms with Gasteiger partial charge in [-0.3, -0.25) is 4.99 Å². The monoisotopic (exact) mass is 395 g/mol. The molecule has 0 aliphatic rings. The number of phenolic OH excluding ortho intramolecular Hbond substituents is 1. The van der Waals surface area contributed by atoms with Gasteiger partial charge in [0.25, 0.3) is 0 Å². The molecule has 0 amide bonds. The van der Waals surface area contributed by atoms with E-state index in [1.165, 1.54) is 5.56 Å². The van der Waals surface area contributed by atoms with E-state index >= 15 is 0 Å². The molecule has 25 heavy (non-hydrogen) atoms. The Bertz CT molecular complexity index is 892. The summed E-state index contributed by atoms with van der Waals surface area (Å²) in [7, 11) is 1.62. The van der Waals surface area contributed by atoms with E-state index in [1.807, 2.05) is 54.6 Å². The molecular formula is C21H18BrNO2. The summed E-state index contributed by atoms with van der Waals surface area (Å²) >= 11 is 3.43. The number of ether oxygens (including phenoxy) is 1. The number of phenols is 1. The lowest BCUT2D eigenvalue weighted by Crippen LogP contribution is -1.92. The molecule has 0 aliphatic carbocycles. The van der Waals surface area contributed by atoms with E-state index in [-0.39, 0.29) is 5.75 Å². The van der Waals surface area contributed by atoms with Crippen LogP contribution in [-0.2, 0) is 6.42 Å². The predicted molar refractivity (Wildman–Crippen MR) is 105 cm³/mol. The first kappa shape index (κ1) is 17.2. The minimum Gasteiger partial charge on any atom is -0.506 e. The molecule has 0 spiro atoms. The fourth-order valence-electron chi connectivity index (χ4n) is 2.55. The van der Waals surface area contributed by atoms with Crippen LogP contribution in [-0.4, -0.2) is 18.4 Å². The van der Waals surface area contributed by atoms with Gasteiger partial charge in [0, 0.05) is 17.8 Å². The van der Waals surface area contributed by atoms with Crippen LogP contribution in [0, 0.1) is 0 Å². The Morgan fingerprint density at radius 3 is 2.56 bits per heavy atom. The van der Waals surface area contributed by atoms with Gasteiger partial charge in [0.05, 0.1) is 17.3 Å². The second-order valence-corrected chi connectivity index (χ2v) is 6.49. The average molecular weight is 396 g/mol. The number of aromatic hydroxyl groups is 1. The minimum atomic E-state index is 0.184. The molecule has 0 atom stereocenters. The van der Waals surface area contributed by atoms with Crippen LogP contribution in [0.4, 0.5) is 5.69 Å². The maximum absolute atomic E-state index is 10.3. The zero-order valence-corrected chi connectivity index (χ0v) is 15.4. The van der Waals surface area contributed by atoms with E-state index in [0.29, 0.717) is 10.0 Å². The molecule has 0 aliphatic heterocycles. The molecule has 3 aromatic carbocycles. The number of benzene rings is 3. The molecule has 0 unspecified atom stereocenters. The second kappa shape index (κ2) is 7.99. The summed E-state index contributed by atoms with van der Waals surface area (Å²) in [6.07, 6.45) is 2.46. The maximum atomic E-state index is 10.3. The molecule has 0 fully saturated rings. The van der Waals surface area contributed by atoms with Crippen molar-refractivity contribution in [1.82, 2.24) is 0 Å². The summed E-state index contributed by atoms with van der Waals surface area (Å²) in [5, 5.41) is 10.3. The maximum Gasteiger partial charge on any atom is 0.138 e. The van der Waals surface area contributed by atoms with Gasteiger partial charge in [-0.15, -0.1) is 0 Å². The lowest BCUT2D eigenvalue weighted by atomic mass is 10.0. The van der Waals surface area contributed by atoms with Crippen molar-refractivity contribution in [1.29, 1.82) is 0 Å². The summed E-state index contributed by atoms with van der Waals surface area (Å²) < 4.78 is 5.86. The molecule has 0 saturated heterocycles. The van der Waals surface area contributed by atoms with Crippen LogP contribution in [0.3, 0.4) is 0 Å². The molecule has 3 nitrogen and oxygen atoms in total. The van der Waals surface area contributed by atoms with E-state index < -0.39 is 0 Å². The van der Waals surface area contributed by atoms with E-state index in [9.17, 15) is 5.11 Å². The summed E-state index contributed by atoms with van der Waals surface area (Å²) in [5.41, 5.74) is 3.75. The van der Waals surface area contributed by atoms with Crippen LogP contribution < -0.4 is 4.74 Å². The highest BCUT2D eigenvalue weighted by molar-refractivity contribution is 9.10. The molecule has 3 rings (SSSR count). The highest BCUT2D eigenvalue weighted by Crippen LogP contribution is 2.30. The minimum absolute atomic E-state index is 0.184. The van der Waals surface area contributed by atoms with Crippen LogP contribution in [0.25, 0.3) is 0 Å². The third-order valence-electron chi connectivity index (χ3n) is 3.81. The molecule has 4 heteroatoms. The molecular weight excluding hydrogens is 378 g/mol. The number of hydrogen-bond acceptors (Lipinski definition) is 3. The number of methoxy groups -OCH3 is 1. The Morgan fingerprint density at radius 2 is 1.80 bits per heavy atom. The first-order valence-electron chi connectivity index (χ1n) is 7.89. The summed E-state index contributed by atoms with van der Waals surface area (Å²) in [4.78, 5) is 4.45. The van der Waals surface area contributed by atoms with Gasteiger partial charge in [-0.1, -0.05) is 36.4 Å². The third kappa shape index (κ3) is 4.48. The van der Waals surface area contributed by atoms with Gasteiger partial charge in [-0.2, -0.15) is 0 Å². The first-order valence-corrected chi connectivity index (χ1v) is 8.68. The molecule has 0 bridgehead atoms. The van der Waals surface area contributed by atoms with Crippen molar-refractivity contribution in [2.45, 2.75) is 6.42 Å². The summed E-state index contributed by atoms with van der Waals surface area (Å²) in [5.74, 6) is 0.932. The molecule has 126 valence electrons. The van der Waals surface area contributed by atoms with Crippen molar-refractivity contribution in [3.8, 4) is 11.5 Å². The van der Waals surface area contributed by atoms with Crippen molar-refractivity contribution in [3.05, 3.63) is 87.9 Å². The van der Waals surface area contributed by atoms with Gasteiger partial charge in [0.1, 0.15) is 11.5 Å². The van der Waals surface area contributed by atoms with Crippen molar-refractivity contribution < 1.29 is 9.84 Å². The van der Waals surface area contributed by atoms with Crippen LogP contribution >= 0.6 is 15.9 Å². The molecule has 1 N–H and O–H groups in total. The van der Waals surface area contributed by atoms with E-state index in [4.69, 9.17) is 4.74 Å². The smallest absolute Gasteiger partial charge is 0.138 e. The third-order valence-corrected chi connectivity index (χ3v) is 4.41. The van der Waals surface area contributed by atoms with Gasteiger partial charge in [0.15, 0.2) is 0 Å². The van der Waals surface area contributed by atoms with Gasteiger partial charge in [0.2, 0.25) is 0 Å². The molecule has 0 radical (unpaired) electrons. The van der Waals surface area contributed by atoms with Crippen molar-refractivity contribution in [2.24, 2.45) is 4.99 Å². The standard InChI is InChI=1S/C21H18BrNO2/c1-25-19-9-5-8-18(13-19)23-14-17-11-16(12-20(22)21(17)24)10-15-6-3-2-4-7-15/h2-9,11-14,24H,10H2,1H3. The zero-order valence-electron chi connectivity index (χ0n) is 13.8. The lowest BCUT2D eigenvalue weighted by Gasteiger charge is -2.08. The number of aliphatic imine (C=N–C) groups is 1. The molecule has 3 aromatic rings. The second-order valence-electron chi connectivity index (χ2n) is 5.64. The lowest BCUT2D eigenvalue weighted by molar-refractivity contribution is 0.415. The van der Waals surface area contributed by atoms with E-state index in [0.717, 1.165) is 23.4 Å². The van der Waals surface area contributed by atoms with Gasteiger partial charge < -0.3 is 9.84 Å². The number of rotatable bonds is 5. The summed E-state index contributed by atoms with van der Waals surface area (Å²) in [6, 6.07) is 21.6. The number of nitrogens with zero attached hydrogens (tertiary/aromatic N) is 1. The Hall–Kier alpha value is -2.59. The fourth-order valence-corrected chi connectivity index (χ4v) is 3.07. The summed E-state index contributed by atoms with van der Waals surface area (Å²) in [6.45, 7) is 0. The highest BCUT2D eigenvalue weighted by Gasteiger charge is 2.07. The Morgan fingerprint density at radius 1 is 1.00 bits per heavy atom. The van der Waals surface area contributed by atoms with Crippen LogP contribution in [0.15, 0.2) is 76.2 Å². The predicted octanol–water partition coefficient (Wildman–Crippen LogP) is 5.50. The van der Waals surface area contributed by atoms with E-state index in [2.05, 4.69) is 33.1 Å². The van der Waals surface area contributed by atoms with Crippen LogP contribution in [0.2, 0.25) is 0 Å². The number of hydrogen-bond donors (Lipinski definition) is 1. The average Bonchev–Trinajstić information content (AvgIpc) is 2.64.